The first-order chi connectivity index (χ1) is 14.2. The van der Waals surface area contributed by atoms with E-state index in [4.69, 9.17) is 9.72 Å². The number of hydrogen-bond acceptors (Lipinski definition) is 6. The van der Waals surface area contributed by atoms with Gasteiger partial charge in [-0.1, -0.05) is 12.8 Å². The second-order valence-corrected chi connectivity index (χ2v) is 8.59. The Balaban J connectivity index is 1.34. The van der Waals surface area contributed by atoms with Gasteiger partial charge in [-0.2, -0.15) is 0 Å². The molecular weight excluding hydrogens is 384 g/mol. The fourth-order valence-electron chi connectivity index (χ4n) is 3.89. The fraction of sp³-hybridized carbons (Fsp3) is 0.318. The van der Waals surface area contributed by atoms with Crippen molar-refractivity contribution in [1.82, 2.24) is 19.5 Å². The largest absolute Gasteiger partial charge is 0.457 e. The zero-order chi connectivity index (χ0) is 19.6. The molecule has 1 N–H and O–H groups in total. The summed E-state index contributed by atoms with van der Waals surface area (Å²) in [7, 11) is 0. The molecule has 1 saturated carbocycles. The van der Waals surface area contributed by atoms with Crippen molar-refractivity contribution >= 4 is 21.6 Å². The molecule has 0 radical (unpaired) electrons. The molecule has 7 heteroatoms. The Labute approximate surface area is 172 Å². The zero-order valence-electron chi connectivity index (χ0n) is 15.9. The molecule has 2 atom stereocenters. The number of hydrogen-bond donors (Lipinski definition) is 1. The Morgan fingerprint density at radius 3 is 2.86 bits per heavy atom. The van der Waals surface area contributed by atoms with Crippen LogP contribution < -0.4 is 4.74 Å². The van der Waals surface area contributed by atoms with Gasteiger partial charge in [0.1, 0.15) is 23.6 Å². The maximum absolute atomic E-state index is 10.3. The van der Waals surface area contributed by atoms with Crippen molar-refractivity contribution in [3.05, 3.63) is 60.3 Å². The van der Waals surface area contributed by atoms with Crippen LogP contribution >= 0.6 is 11.3 Å². The summed E-state index contributed by atoms with van der Waals surface area (Å²) < 4.78 is 9.01. The third kappa shape index (κ3) is 4.02. The predicted octanol–water partition coefficient (Wildman–Crippen LogP) is 4.76. The Bertz CT molecular complexity index is 1110. The minimum atomic E-state index is -0.189. The number of ether oxygens (including phenoxy) is 1. The van der Waals surface area contributed by atoms with Gasteiger partial charge in [0.15, 0.2) is 0 Å². The van der Waals surface area contributed by atoms with E-state index in [1.807, 2.05) is 41.1 Å². The molecule has 0 saturated heterocycles. The van der Waals surface area contributed by atoms with E-state index in [0.717, 1.165) is 58.2 Å². The van der Waals surface area contributed by atoms with E-state index in [0.29, 0.717) is 5.92 Å². The first-order valence-corrected chi connectivity index (χ1v) is 10.8. The van der Waals surface area contributed by atoms with Crippen molar-refractivity contribution in [2.45, 2.75) is 38.2 Å². The molecular formula is C22H22N4O2S. The second-order valence-electron chi connectivity index (χ2n) is 7.47. The van der Waals surface area contributed by atoms with Gasteiger partial charge in [-0.25, -0.2) is 15.0 Å². The molecule has 0 aliphatic heterocycles. The van der Waals surface area contributed by atoms with Crippen LogP contribution in [0.4, 0.5) is 0 Å². The minimum Gasteiger partial charge on any atom is -0.457 e. The Morgan fingerprint density at radius 2 is 2.00 bits per heavy atom. The van der Waals surface area contributed by atoms with Crippen LogP contribution in [0.25, 0.3) is 16.0 Å². The molecule has 0 bridgehead atoms. The van der Waals surface area contributed by atoms with Crippen LogP contribution in [0.1, 0.15) is 30.7 Å². The summed E-state index contributed by atoms with van der Waals surface area (Å²) in [6, 6.07) is 9.70. The molecule has 1 aliphatic carbocycles. The van der Waals surface area contributed by atoms with Gasteiger partial charge in [0.05, 0.1) is 21.3 Å². The highest BCUT2D eigenvalue weighted by Crippen LogP contribution is 2.33. The van der Waals surface area contributed by atoms with Gasteiger partial charge in [-0.15, -0.1) is 11.3 Å². The van der Waals surface area contributed by atoms with E-state index < -0.39 is 0 Å². The highest BCUT2D eigenvalue weighted by Gasteiger charge is 2.24. The second kappa shape index (κ2) is 7.93. The van der Waals surface area contributed by atoms with E-state index in [2.05, 4.69) is 9.97 Å². The molecule has 4 aromatic rings. The Kier molecular flexibility index (Phi) is 4.99. The number of fused-ring (bicyclic) bond motifs is 1. The number of rotatable bonds is 5. The fourth-order valence-corrected chi connectivity index (χ4v) is 4.98. The van der Waals surface area contributed by atoms with Crippen LogP contribution in [0.2, 0.25) is 0 Å². The lowest BCUT2D eigenvalue weighted by molar-refractivity contribution is 0.0700. The van der Waals surface area contributed by atoms with Gasteiger partial charge in [-0.3, -0.25) is 4.57 Å². The lowest BCUT2D eigenvalue weighted by Crippen LogP contribution is -2.26. The van der Waals surface area contributed by atoms with Crippen LogP contribution in [0, 0.1) is 5.92 Å². The Morgan fingerprint density at radius 1 is 1.10 bits per heavy atom. The highest BCUT2D eigenvalue weighted by atomic mass is 32.1. The van der Waals surface area contributed by atoms with Gasteiger partial charge >= 0.3 is 0 Å². The third-order valence-corrected chi connectivity index (χ3v) is 6.47. The number of aromatic nitrogens is 4. The molecule has 1 aliphatic rings. The number of aliphatic hydroxyl groups excluding tert-OH is 1. The number of nitrogens with zero attached hydrogens (tertiary/aromatic N) is 4. The molecule has 1 aromatic carbocycles. The number of thiazole rings is 1. The maximum atomic E-state index is 10.3. The summed E-state index contributed by atoms with van der Waals surface area (Å²) >= 11 is 1.69. The van der Waals surface area contributed by atoms with Crippen LogP contribution in [0.5, 0.6) is 11.5 Å². The van der Waals surface area contributed by atoms with Gasteiger partial charge in [0.25, 0.3) is 0 Å². The third-order valence-electron chi connectivity index (χ3n) is 5.43. The first-order valence-electron chi connectivity index (χ1n) is 9.94. The summed E-state index contributed by atoms with van der Waals surface area (Å²) in [5.74, 6) is 2.58. The summed E-state index contributed by atoms with van der Waals surface area (Å²) in [6.45, 7) is 0. The van der Waals surface area contributed by atoms with E-state index in [-0.39, 0.29) is 6.10 Å². The van der Waals surface area contributed by atoms with Crippen molar-refractivity contribution in [3.63, 3.8) is 0 Å². The van der Waals surface area contributed by atoms with E-state index in [1.165, 1.54) is 6.42 Å². The number of imidazole rings is 1. The first kappa shape index (κ1) is 18.3. The topological polar surface area (TPSA) is 73.1 Å². The minimum absolute atomic E-state index is 0.189. The smallest absolute Gasteiger partial charge is 0.141 e. The summed E-state index contributed by atoms with van der Waals surface area (Å²) in [4.78, 5) is 13.2. The SMILES string of the molecule is O[C@@H]1CCCC[C@H]1Cc1nc2ccc(Oc3ccnc(-n4ccnc4)c3)cc2s1. The maximum Gasteiger partial charge on any atom is 0.141 e. The van der Waals surface area contributed by atoms with Crippen LogP contribution in [-0.4, -0.2) is 30.7 Å². The molecule has 1 fully saturated rings. The number of aliphatic hydroxyl groups is 1. The van der Waals surface area contributed by atoms with Crippen molar-refractivity contribution in [3.8, 4) is 17.3 Å². The zero-order valence-corrected chi connectivity index (χ0v) is 16.8. The molecule has 0 amide bonds. The van der Waals surface area contributed by atoms with E-state index in [1.54, 1.807) is 30.1 Å². The monoisotopic (exact) mass is 406 g/mol. The van der Waals surface area contributed by atoms with Crippen LogP contribution in [-0.2, 0) is 6.42 Å². The molecule has 0 spiro atoms. The van der Waals surface area contributed by atoms with E-state index >= 15 is 0 Å². The number of pyridine rings is 1. The molecule has 0 unspecified atom stereocenters. The molecule has 148 valence electrons. The van der Waals surface area contributed by atoms with Crippen LogP contribution in [0.3, 0.4) is 0 Å². The predicted molar refractivity (Wildman–Crippen MR) is 113 cm³/mol. The van der Waals surface area contributed by atoms with Crippen molar-refractivity contribution in [2.24, 2.45) is 5.92 Å². The van der Waals surface area contributed by atoms with Crippen LogP contribution in [0.15, 0.2) is 55.2 Å². The van der Waals surface area contributed by atoms with Gasteiger partial charge in [-0.05, 0) is 37.0 Å². The number of benzene rings is 1. The standard InChI is InChI=1S/C22H22N4O2S/c27-19-4-2-1-3-15(19)11-22-25-18-6-5-16(12-20(18)29-22)28-17-7-8-24-21(13-17)26-10-9-23-14-26/h5-10,12-15,19,27H,1-4,11H2/t15-,19+/m0/s1. The lowest BCUT2D eigenvalue weighted by Gasteiger charge is -2.26. The highest BCUT2D eigenvalue weighted by molar-refractivity contribution is 7.18. The Hall–Kier alpha value is -2.77. The average molecular weight is 407 g/mol. The van der Waals surface area contributed by atoms with Gasteiger partial charge in [0, 0.05) is 37.1 Å². The lowest BCUT2D eigenvalue weighted by atomic mass is 9.84. The average Bonchev–Trinajstić information content (AvgIpc) is 3.39. The van der Waals surface area contributed by atoms with Gasteiger partial charge < -0.3 is 9.84 Å². The molecule has 6 nitrogen and oxygen atoms in total. The summed E-state index contributed by atoms with van der Waals surface area (Å²) in [5, 5.41) is 11.3. The van der Waals surface area contributed by atoms with Gasteiger partial charge in [0.2, 0.25) is 0 Å². The summed E-state index contributed by atoms with van der Waals surface area (Å²) in [5.41, 5.74) is 0.983. The van der Waals surface area contributed by atoms with E-state index in [9.17, 15) is 5.11 Å². The molecule has 29 heavy (non-hydrogen) atoms. The van der Waals surface area contributed by atoms with Crippen molar-refractivity contribution in [2.75, 3.05) is 0 Å². The van der Waals surface area contributed by atoms with Crippen molar-refractivity contribution < 1.29 is 9.84 Å². The van der Waals surface area contributed by atoms with Crippen molar-refractivity contribution in [1.29, 1.82) is 0 Å². The molecule has 5 rings (SSSR count). The summed E-state index contributed by atoms with van der Waals surface area (Å²) in [6.07, 6.45) is 12.0. The normalized spacial score (nSPS) is 19.5. The molecule has 3 heterocycles. The quantitative estimate of drug-likeness (QED) is 0.517. The molecule has 3 aromatic heterocycles.